The highest BCUT2D eigenvalue weighted by atomic mass is 79.9. The third-order valence-corrected chi connectivity index (χ3v) is 4.38. The third-order valence-electron chi connectivity index (χ3n) is 3.97. The molecule has 5 nitrogen and oxygen atoms in total. The van der Waals surface area contributed by atoms with Crippen molar-refractivity contribution in [3.05, 3.63) is 41.0 Å². The normalized spacial score (nSPS) is 15.9. The summed E-state index contributed by atoms with van der Waals surface area (Å²) in [5.41, 5.74) is 0. The first kappa shape index (κ1) is 15.1. The Labute approximate surface area is 137 Å². The van der Waals surface area contributed by atoms with E-state index in [9.17, 15) is 4.39 Å². The zero-order chi connectivity index (χ0) is 15.5. The molecule has 0 radical (unpaired) electrons. The number of hydrogen-bond acceptors (Lipinski definition) is 5. The SMILES string of the molecule is CN(c1ncc(Br)cn1)C1CCN(c2ncccc2F)CC1. The van der Waals surface area contributed by atoms with Crippen molar-refractivity contribution in [2.45, 2.75) is 18.9 Å². The Morgan fingerprint density at radius 1 is 1.23 bits per heavy atom. The zero-order valence-corrected chi connectivity index (χ0v) is 13.9. The standard InChI is InChI=1S/C15H17BrFN5/c1-21(15-19-9-11(16)10-20-15)12-4-7-22(8-5-12)14-13(17)3-2-6-18-14/h2-3,6,9-10,12H,4-5,7-8H2,1H3. The highest BCUT2D eigenvalue weighted by Crippen LogP contribution is 2.24. The molecule has 0 spiro atoms. The van der Waals surface area contributed by atoms with Gasteiger partial charge in [0.05, 0.1) is 4.47 Å². The van der Waals surface area contributed by atoms with Crippen LogP contribution in [0.25, 0.3) is 0 Å². The number of anilines is 2. The molecule has 7 heteroatoms. The molecule has 0 bridgehead atoms. The van der Waals surface area contributed by atoms with E-state index in [2.05, 4.69) is 35.8 Å². The Hall–Kier alpha value is -1.76. The van der Waals surface area contributed by atoms with E-state index < -0.39 is 0 Å². The molecule has 1 saturated heterocycles. The predicted octanol–water partition coefficient (Wildman–Crippen LogP) is 2.88. The fraction of sp³-hybridized carbons (Fsp3) is 0.400. The van der Waals surface area contributed by atoms with Gasteiger partial charge in [-0.3, -0.25) is 0 Å². The maximum absolute atomic E-state index is 13.8. The van der Waals surface area contributed by atoms with Crippen LogP contribution in [0.2, 0.25) is 0 Å². The molecule has 2 aromatic heterocycles. The smallest absolute Gasteiger partial charge is 0.225 e. The summed E-state index contributed by atoms with van der Waals surface area (Å²) in [4.78, 5) is 16.9. The van der Waals surface area contributed by atoms with Crippen LogP contribution in [0.3, 0.4) is 0 Å². The maximum atomic E-state index is 13.8. The summed E-state index contributed by atoms with van der Waals surface area (Å²) in [6, 6.07) is 3.42. The van der Waals surface area contributed by atoms with Gasteiger partial charge in [-0.25, -0.2) is 19.3 Å². The van der Waals surface area contributed by atoms with Crippen LogP contribution in [0, 0.1) is 5.82 Å². The largest absolute Gasteiger partial charge is 0.354 e. The number of hydrogen-bond donors (Lipinski definition) is 0. The summed E-state index contributed by atoms with van der Waals surface area (Å²) < 4.78 is 14.7. The number of pyridine rings is 1. The maximum Gasteiger partial charge on any atom is 0.225 e. The molecule has 0 N–H and O–H groups in total. The van der Waals surface area contributed by atoms with Gasteiger partial charge >= 0.3 is 0 Å². The summed E-state index contributed by atoms with van der Waals surface area (Å²) in [6.45, 7) is 1.55. The van der Waals surface area contributed by atoms with E-state index in [4.69, 9.17) is 0 Å². The minimum atomic E-state index is -0.259. The van der Waals surface area contributed by atoms with E-state index in [1.807, 2.05) is 11.9 Å². The summed E-state index contributed by atoms with van der Waals surface area (Å²) >= 11 is 3.34. The van der Waals surface area contributed by atoms with E-state index in [1.54, 1.807) is 24.7 Å². The third kappa shape index (κ3) is 3.19. The average molecular weight is 366 g/mol. The molecule has 0 aromatic carbocycles. The first-order valence-corrected chi connectivity index (χ1v) is 8.00. The van der Waals surface area contributed by atoms with Gasteiger partial charge < -0.3 is 9.80 Å². The molecular weight excluding hydrogens is 349 g/mol. The highest BCUT2D eigenvalue weighted by Gasteiger charge is 2.25. The van der Waals surface area contributed by atoms with Crippen molar-refractivity contribution in [3.63, 3.8) is 0 Å². The Morgan fingerprint density at radius 2 is 1.91 bits per heavy atom. The molecule has 3 rings (SSSR count). The molecule has 0 aliphatic carbocycles. The van der Waals surface area contributed by atoms with Crippen LogP contribution in [-0.2, 0) is 0 Å². The summed E-state index contributed by atoms with van der Waals surface area (Å²) in [5.74, 6) is 0.903. The molecule has 3 heterocycles. The van der Waals surface area contributed by atoms with E-state index in [-0.39, 0.29) is 5.82 Å². The van der Waals surface area contributed by atoms with Gasteiger partial charge in [-0.15, -0.1) is 0 Å². The van der Waals surface area contributed by atoms with Crippen LogP contribution in [0.5, 0.6) is 0 Å². The summed E-state index contributed by atoms with van der Waals surface area (Å²) in [6.07, 6.45) is 6.97. The van der Waals surface area contributed by atoms with Crippen molar-refractivity contribution in [3.8, 4) is 0 Å². The Bertz CT molecular complexity index is 628. The van der Waals surface area contributed by atoms with Gasteiger partial charge in [-0.1, -0.05) is 0 Å². The van der Waals surface area contributed by atoms with Gasteiger partial charge in [0.25, 0.3) is 0 Å². The monoisotopic (exact) mass is 365 g/mol. The van der Waals surface area contributed by atoms with E-state index in [0.29, 0.717) is 17.8 Å². The number of halogens is 2. The fourth-order valence-corrected chi connectivity index (χ4v) is 2.93. The molecular formula is C15H17BrFN5. The molecule has 0 atom stereocenters. The molecule has 1 fully saturated rings. The van der Waals surface area contributed by atoms with Crippen molar-refractivity contribution in [1.29, 1.82) is 0 Å². The second-order valence-corrected chi connectivity index (χ2v) is 6.25. The number of aromatic nitrogens is 3. The van der Waals surface area contributed by atoms with Crippen LogP contribution in [0.15, 0.2) is 35.2 Å². The lowest BCUT2D eigenvalue weighted by Crippen LogP contribution is -2.44. The van der Waals surface area contributed by atoms with Gasteiger partial charge in [0.2, 0.25) is 5.95 Å². The molecule has 1 aliphatic heterocycles. The van der Waals surface area contributed by atoms with Crippen LogP contribution in [-0.4, -0.2) is 41.1 Å². The molecule has 0 saturated carbocycles. The van der Waals surface area contributed by atoms with Gasteiger partial charge in [-0.2, -0.15) is 0 Å². The number of nitrogens with zero attached hydrogens (tertiary/aromatic N) is 5. The minimum Gasteiger partial charge on any atom is -0.354 e. The molecule has 0 amide bonds. The topological polar surface area (TPSA) is 45.2 Å². The molecule has 0 unspecified atom stereocenters. The minimum absolute atomic E-state index is 0.259. The second-order valence-electron chi connectivity index (χ2n) is 5.34. The quantitative estimate of drug-likeness (QED) is 0.836. The fourth-order valence-electron chi connectivity index (χ4n) is 2.73. The van der Waals surface area contributed by atoms with Crippen molar-refractivity contribution >= 4 is 27.7 Å². The average Bonchev–Trinajstić information content (AvgIpc) is 2.56. The highest BCUT2D eigenvalue weighted by molar-refractivity contribution is 9.10. The number of piperidine rings is 1. The van der Waals surface area contributed by atoms with E-state index >= 15 is 0 Å². The second kappa shape index (κ2) is 6.56. The molecule has 2 aromatic rings. The van der Waals surface area contributed by atoms with Crippen molar-refractivity contribution in [2.75, 3.05) is 29.9 Å². The Balaban J connectivity index is 1.64. The lowest BCUT2D eigenvalue weighted by Gasteiger charge is -2.37. The van der Waals surface area contributed by atoms with E-state index in [1.165, 1.54) is 6.07 Å². The molecule has 22 heavy (non-hydrogen) atoms. The first-order chi connectivity index (χ1) is 10.6. The first-order valence-electron chi connectivity index (χ1n) is 7.21. The van der Waals surface area contributed by atoms with Crippen molar-refractivity contribution < 1.29 is 4.39 Å². The van der Waals surface area contributed by atoms with Crippen LogP contribution in [0.4, 0.5) is 16.2 Å². The van der Waals surface area contributed by atoms with Crippen LogP contribution >= 0.6 is 15.9 Å². The Morgan fingerprint density at radius 3 is 2.55 bits per heavy atom. The van der Waals surface area contributed by atoms with Crippen molar-refractivity contribution in [2.24, 2.45) is 0 Å². The van der Waals surface area contributed by atoms with Crippen molar-refractivity contribution in [1.82, 2.24) is 15.0 Å². The summed E-state index contributed by atoms with van der Waals surface area (Å²) in [7, 11) is 2.00. The van der Waals surface area contributed by atoms with Crippen LogP contribution in [0.1, 0.15) is 12.8 Å². The van der Waals surface area contributed by atoms with Gasteiger partial charge in [0.1, 0.15) is 0 Å². The van der Waals surface area contributed by atoms with Gasteiger partial charge in [-0.05, 0) is 40.9 Å². The Kier molecular flexibility index (Phi) is 4.52. The summed E-state index contributed by atoms with van der Waals surface area (Å²) in [5, 5.41) is 0. The predicted molar refractivity (Wildman–Crippen MR) is 87.6 cm³/mol. The lowest BCUT2D eigenvalue weighted by atomic mass is 10.0. The molecule has 116 valence electrons. The van der Waals surface area contributed by atoms with Gasteiger partial charge in [0.15, 0.2) is 11.6 Å². The van der Waals surface area contributed by atoms with Crippen LogP contribution < -0.4 is 9.80 Å². The molecule has 1 aliphatic rings. The number of rotatable bonds is 3. The van der Waals surface area contributed by atoms with E-state index in [0.717, 1.165) is 30.4 Å². The zero-order valence-electron chi connectivity index (χ0n) is 12.3. The van der Waals surface area contributed by atoms with Gasteiger partial charge in [0, 0.05) is 44.8 Å². The lowest BCUT2D eigenvalue weighted by molar-refractivity contribution is 0.469.